The highest BCUT2D eigenvalue weighted by Crippen LogP contribution is 2.35. The zero-order valence-corrected chi connectivity index (χ0v) is 20.2. The van der Waals surface area contributed by atoms with E-state index in [0.29, 0.717) is 50.2 Å². The van der Waals surface area contributed by atoms with Crippen molar-refractivity contribution in [2.24, 2.45) is 5.41 Å². The molecule has 1 aliphatic heterocycles. The van der Waals surface area contributed by atoms with Gasteiger partial charge in [0.1, 0.15) is 0 Å². The van der Waals surface area contributed by atoms with Crippen molar-refractivity contribution in [3.05, 3.63) is 30.1 Å². The minimum absolute atomic E-state index is 0.291. The Balaban J connectivity index is 1.57. The molecule has 1 aliphatic rings. The number of rotatable bonds is 7. The van der Waals surface area contributed by atoms with Crippen molar-refractivity contribution in [3.8, 4) is 11.1 Å². The van der Waals surface area contributed by atoms with E-state index in [-0.39, 0.29) is 6.03 Å². The van der Waals surface area contributed by atoms with Crippen molar-refractivity contribution in [3.63, 3.8) is 0 Å². The standard InChI is InChI=1S/C23H28N6O4S/c1-4-24-21(32)28-22-27-17-10-14(9-15(13-33-3)18(17)34-22)16-11-25-20(26-12-16)29-7-5-23(2,6-8-29)19(30)31/h9-12H,4-8,13H2,1-3H3,(H,30,31)(H2,24,27,28,32). The molecule has 34 heavy (non-hydrogen) atoms. The minimum Gasteiger partial charge on any atom is -0.481 e. The summed E-state index contributed by atoms with van der Waals surface area (Å²) < 4.78 is 6.34. The lowest BCUT2D eigenvalue weighted by Gasteiger charge is -2.36. The average molecular weight is 485 g/mol. The molecule has 1 saturated heterocycles. The Kier molecular flexibility index (Phi) is 6.94. The number of benzene rings is 1. The van der Waals surface area contributed by atoms with Crippen LogP contribution in [0.3, 0.4) is 0 Å². The minimum atomic E-state index is -0.753. The topological polar surface area (TPSA) is 130 Å². The molecule has 10 nitrogen and oxygen atoms in total. The predicted octanol–water partition coefficient (Wildman–Crippen LogP) is 3.73. The van der Waals surface area contributed by atoms with Gasteiger partial charge in [-0.25, -0.2) is 19.7 Å². The first-order valence-electron chi connectivity index (χ1n) is 11.1. The summed E-state index contributed by atoms with van der Waals surface area (Å²) in [6, 6.07) is 3.68. The molecule has 2 amide bonds. The van der Waals surface area contributed by atoms with Gasteiger partial charge in [-0.1, -0.05) is 11.3 Å². The van der Waals surface area contributed by atoms with Gasteiger partial charge in [-0.05, 0) is 49.9 Å². The highest BCUT2D eigenvalue weighted by atomic mass is 32.1. The molecule has 3 N–H and O–H groups in total. The Morgan fingerprint density at radius 3 is 2.53 bits per heavy atom. The van der Waals surface area contributed by atoms with Crippen LogP contribution in [0.15, 0.2) is 24.5 Å². The van der Waals surface area contributed by atoms with E-state index in [4.69, 9.17) is 4.74 Å². The van der Waals surface area contributed by atoms with E-state index < -0.39 is 11.4 Å². The van der Waals surface area contributed by atoms with Crippen LogP contribution in [0.5, 0.6) is 0 Å². The van der Waals surface area contributed by atoms with Crippen LogP contribution in [0.25, 0.3) is 21.3 Å². The van der Waals surface area contributed by atoms with Crippen LogP contribution in [0.2, 0.25) is 0 Å². The maximum atomic E-state index is 11.9. The first-order valence-corrected chi connectivity index (χ1v) is 11.9. The fourth-order valence-corrected chi connectivity index (χ4v) is 4.87. The van der Waals surface area contributed by atoms with E-state index in [1.54, 1.807) is 26.4 Å². The smallest absolute Gasteiger partial charge is 0.321 e. The lowest BCUT2D eigenvalue weighted by atomic mass is 9.80. The number of carbonyl (C=O) groups excluding carboxylic acids is 1. The van der Waals surface area contributed by atoms with Gasteiger partial charge in [-0.2, -0.15) is 0 Å². The van der Waals surface area contributed by atoms with Crippen molar-refractivity contribution < 1.29 is 19.4 Å². The summed E-state index contributed by atoms with van der Waals surface area (Å²) in [6.45, 7) is 5.79. The van der Waals surface area contributed by atoms with Crippen LogP contribution < -0.4 is 15.5 Å². The normalized spacial score (nSPS) is 15.3. The van der Waals surface area contributed by atoms with Gasteiger partial charge < -0.3 is 20.1 Å². The molecule has 0 saturated carbocycles. The Hall–Kier alpha value is -3.31. The number of anilines is 2. The third-order valence-corrected chi connectivity index (χ3v) is 7.12. The van der Waals surface area contributed by atoms with E-state index in [9.17, 15) is 14.7 Å². The quantitative estimate of drug-likeness (QED) is 0.463. The number of nitrogens with one attached hydrogen (secondary N) is 2. The second-order valence-electron chi connectivity index (χ2n) is 8.54. The SMILES string of the molecule is CCNC(=O)Nc1nc2cc(-c3cnc(N4CCC(C)(C(=O)O)CC4)nc3)cc(COC)c2s1. The van der Waals surface area contributed by atoms with Crippen LogP contribution in [-0.4, -0.2) is 58.8 Å². The molecule has 0 bridgehead atoms. The van der Waals surface area contributed by atoms with Gasteiger partial charge in [0.05, 0.1) is 22.2 Å². The van der Waals surface area contributed by atoms with Gasteiger partial charge in [0.2, 0.25) is 5.95 Å². The lowest BCUT2D eigenvalue weighted by Crippen LogP contribution is -2.43. The van der Waals surface area contributed by atoms with Crippen molar-refractivity contribution in [2.75, 3.05) is 37.0 Å². The van der Waals surface area contributed by atoms with Gasteiger partial charge >= 0.3 is 12.0 Å². The Labute approximate surface area is 201 Å². The summed E-state index contributed by atoms with van der Waals surface area (Å²) in [7, 11) is 1.64. The number of urea groups is 1. The molecule has 11 heteroatoms. The first-order chi connectivity index (χ1) is 16.3. The number of aliphatic carboxylic acids is 1. The largest absolute Gasteiger partial charge is 0.481 e. The summed E-state index contributed by atoms with van der Waals surface area (Å²) in [5.41, 5.74) is 2.76. The molecule has 0 unspecified atom stereocenters. The van der Waals surface area contributed by atoms with Crippen LogP contribution in [0, 0.1) is 5.41 Å². The monoisotopic (exact) mass is 484 g/mol. The highest BCUT2D eigenvalue weighted by molar-refractivity contribution is 7.22. The average Bonchev–Trinajstić information content (AvgIpc) is 3.22. The van der Waals surface area contributed by atoms with Gasteiger partial charge in [0.25, 0.3) is 0 Å². The molecule has 3 heterocycles. The van der Waals surface area contributed by atoms with Gasteiger partial charge in [-0.15, -0.1) is 0 Å². The predicted molar refractivity (Wildman–Crippen MR) is 131 cm³/mol. The molecule has 180 valence electrons. The second kappa shape index (κ2) is 9.90. The number of fused-ring (bicyclic) bond motifs is 1. The number of carbonyl (C=O) groups is 2. The van der Waals surface area contributed by atoms with E-state index in [1.807, 2.05) is 24.0 Å². The lowest BCUT2D eigenvalue weighted by molar-refractivity contribution is -0.149. The number of carboxylic acid groups (broad SMARTS) is 1. The molecular formula is C23H28N6O4S. The number of amides is 2. The van der Waals surface area contributed by atoms with Crippen LogP contribution in [-0.2, 0) is 16.1 Å². The third-order valence-electron chi connectivity index (χ3n) is 6.06. The van der Waals surface area contributed by atoms with E-state index in [0.717, 1.165) is 26.9 Å². The summed E-state index contributed by atoms with van der Waals surface area (Å²) in [4.78, 5) is 39.1. The summed E-state index contributed by atoms with van der Waals surface area (Å²) in [5, 5.41) is 15.4. The molecule has 2 aromatic heterocycles. The number of hydrogen-bond acceptors (Lipinski definition) is 8. The molecule has 1 aromatic carbocycles. The zero-order chi connectivity index (χ0) is 24.3. The highest BCUT2D eigenvalue weighted by Gasteiger charge is 2.37. The number of piperidine rings is 1. The molecule has 3 aromatic rings. The van der Waals surface area contributed by atoms with Crippen LogP contribution >= 0.6 is 11.3 Å². The Morgan fingerprint density at radius 2 is 1.91 bits per heavy atom. The van der Waals surface area contributed by atoms with Crippen molar-refractivity contribution >= 4 is 44.6 Å². The van der Waals surface area contributed by atoms with E-state index in [2.05, 4.69) is 25.6 Å². The number of methoxy groups -OCH3 is 1. The van der Waals surface area contributed by atoms with Crippen molar-refractivity contribution in [2.45, 2.75) is 33.3 Å². The molecule has 0 spiro atoms. The first kappa shape index (κ1) is 23.8. The number of ether oxygens (including phenoxy) is 1. The fourth-order valence-electron chi connectivity index (χ4n) is 3.93. The molecule has 1 fully saturated rings. The molecule has 4 rings (SSSR count). The maximum Gasteiger partial charge on any atom is 0.321 e. The number of thiazole rings is 1. The molecule has 0 radical (unpaired) electrons. The van der Waals surface area contributed by atoms with Gasteiger partial charge in [-0.3, -0.25) is 10.1 Å². The van der Waals surface area contributed by atoms with E-state index >= 15 is 0 Å². The number of carboxylic acids is 1. The maximum absolute atomic E-state index is 11.9. The summed E-state index contributed by atoms with van der Waals surface area (Å²) in [5.74, 6) is -0.159. The van der Waals surface area contributed by atoms with Crippen LogP contribution in [0.1, 0.15) is 32.3 Å². The summed E-state index contributed by atoms with van der Waals surface area (Å²) in [6.07, 6.45) is 4.65. The fraction of sp³-hybridized carbons (Fsp3) is 0.435. The Morgan fingerprint density at radius 1 is 1.21 bits per heavy atom. The zero-order valence-electron chi connectivity index (χ0n) is 19.4. The number of hydrogen-bond donors (Lipinski definition) is 3. The molecule has 0 aliphatic carbocycles. The third kappa shape index (κ3) is 4.95. The van der Waals surface area contributed by atoms with Gasteiger partial charge in [0, 0.05) is 44.7 Å². The van der Waals surface area contributed by atoms with Crippen molar-refractivity contribution in [1.82, 2.24) is 20.3 Å². The Bertz CT molecular complexity index is 1190. The van der Waals surface area contributed by atoms with Crippen molar-refractivity contribution in [1.29, 1.82) is 0 Å². The number of aromatic nitrogens is 3. The molecule has 0 atom stereocenters. The summed E-state index contributed by atoms with van der Waals surface area (Å²) >= 11 is 1.40. The second-order valence-corrected chi connectivity index (χ2v) is 9.54. The molecular weight excluding hydrogens is 456 g/mol. The van der Waals surface area contributed by atoms with Crippen LogP contribution in [0.4, 0.5) is 15.9 Å². The number of nitrogens with zero attached hydrogens (tertiary/aromatic N) is 4. The van der Waals surface area contributed by atoms with Gasteiger partial charge in [0.15, 0.2) is 5.13 Å². The van der Waals surface area contributed by atoms with E-state index in [1.165, 1.54) is 11.3 Å².